The number of benzene rings is 1. The van der Waals surface area contributed by atoms with Gasteiger partial charge in [-0.05, 0) is 33.0 Å². The van der Waals surface area contributed by atoms with E-state index in [-0.39, 0.29) is 0 Å². The molecule has 0 saturated carbocycles. The van der Waals surface area contributed by atoms with Crippen LogP contribution in [0.2, 0.25) is 0 Å². The van der Waals surface area contributed by atoms with E-state index in [0.29, 0.717) is 6.04 Å². The van der Waals surface area contributed by atoms with Gasteiger partial charge < -0.3 is 15.0 Å². The minimum absolute atomic E-state index is 0.579. The van der Waals surface area contributed by atoms with Crippen LogP contribution in [0.3, 0.4) is 0 Å². The molecule has 0 spiro atoms. The van der Waals surface area contributed by atoms with E-state index in [1.807, 2.05) is 12.1 Å². The van der Waals surface area contributed by atoms with Gasteiger partial charge in [0.15, 0.2) is 0 Å². The first-order chi connectivity index (χ1) is 10.1. The number of fused-ring (bicyclic) bond motifs is 1. The fourth-order valence-electron chi connectivity index (χ4n) is 2.15. The Balaban J connectivity index is 1.96. The molecule has 2 aromatic rings. The van der Waals surface area contributed by atoms with E-state index in [0.717, 1.165) is 42.0 Å². The molecule has 0 radical (unpaired) electrons. The van der Waals surface area contributed by atoms with Crippen LogP contribution in [0.4, 0.5) is 0 Å². The third kappa shape index (κ3) is 4.16. The third-order valence-corrected chi connectivity index (χ3v) is 3.79. The summed E-state index contributed by atoms with van der Waals surface area (Å²) >= 11 is 0. The highest BCUT2D eigenvalue weighted by atomic mass is 16.5. The SMILES string of the molecule is COc1cccc2ccc(CNCCN(C)C(C)C)nc12. The zero-order valence-electron chi connectivity index (χ0n) is 13.4. The number of likely N-dealkylation sites (N-methyl/N-ethyl adjacent to an activating group) is 1. The number of rotatable bonds is 7. The number of nitrogens with one attached hydrogen (secondary N) is 1. The van der Waals surface area contributed by atoms with Crippen LogP contribution in [-0.4, -0.2) is 43.2 Å². The van der Waals surface area contributed by atoms with Gasteiger partial charge in [-0.15, -0.1) is 0 Å². The summed E-state index contributed by atoms with van der Waals surface area (Å²) in [6.07, 6.45) is 0. The molecule has 4 nitrogen and oxygen atoms in total. The van der Waals surface area contributed by atoms with E-state index in [9.17, 15) is 0 Å². The van der Waals surface area contributed by atoms with Gasteiger partial charge in [0.25, 0.3) is 0 Å². The number of hydrogen-bond donors (Lipinski definition) is 1. The number of ether oxygens (including phenoxy) is 1. The van der Waals surface area contributed by atoms with Crippen molar-refractivity contribution in [3.8, 4) is 5.75 Å². The second-order valence-corrected chi connectivity index (χ2v) is 5.59. The van der Waals surface area contributed by atoms with Gasteiger partial charge in [0.1, 0.15) is 11.3 Å². The van der Waals surface area contributed by atoms with Gasteiger partial charge in [-0.25, -0.2) is 4.98 Å². The Bertz CT molecular complexity index is 583. The molecule has 1 aromatic heterocycles. The molecule has 0 atom stereocenters. The van der Waals surface area contributed by atoms with Crippen LogP contribution in [-0.2, 0) is 6.54 Å². The number of methoxy groups -OCH3 is 1. The van der Waals surface area contributed by atoms with Crippen LogP contribution in [0, 0.1) is 0 Å². The van der Waals surface area contributed by atoms with Crippen molar-refractivity contribution in [3.05, 3.63) is 36.0 Å². The smallest absolute Gasteiger partial charge is 0.145 e. The van der Waals surface area contributed by atoms with Gasteiger partial charge in [-0.1, -0.05) is 18.2 Å². The first-order valence-corrected chi connectivity index (χ1v) is 7.45. The van der Waals surface area contributed by atoms with Crippen molar-refractivity contribution >= 4 is 10.9 Å². The second kappa shape index (κ2) is 7.38. The molecule has 1 N–H and O–H groups in total. The van der Waals surface area contributed by atoms with Gasteiger partial charge in [0.2, 0.25) is 0 Å². The molecule has 114 valence electrons. The van der Waals surface area contributed by atoms with E-state index in [1.54, 1.807) is 7.11 Å². The zero-order valence-corrected chi connectivity index (χ0v) is 13.4. The quantitative estimate of drug-likeness (QED) is 0.795. The molecule has 0 saturated heterocycles. The summed E-state index contributed by atoms with van der Waals surface area (Å²) < 4.78 is 5.38. The lowest BCUT2D eigenvalue weighted by atomic mass is 10.2. The fraction of sp³-hybridized carbons (Fsp3) is 0.471. The molecular weight excluding hydrogens is 262 g/mol. The van der Waals surface area contributed by atoms with Crippen molar-refractivity contribution in [1.82, 2.24) is 15.2 Å². The van der Waals surface area contributed by atoms with Crippen LogP contribution < -0.4 is 10.1 Å². The molecule has 0 amide bonds. The molecule has 1 heterocycles. The van der Waals surface area contributed by atoms with Crippen molar-refractivity contribution in [1.29, 1.82) is 0 Å². The highest BCUT2D eigenvalue weighted by Gasteiger charge is 2.05. The van der Waals surface area contributed by atoms with E-state index in [1.165, 1.54) is 0 Å². The Morgan fingerprint density at radius 1 is 1.24 bits per heavy atom. The second-order valence-electron chi connectivity index (χ2n) is 5.59. The molecule has 2 rings (SSSR count). The summed E-state index contributed by atoms with van der Waals surface area (Å²) in [5, 5.41) is 4.55. The van der Waals surface area contributed by atoms with Gasteiger partial charge in [-0.3, -0.25) is 0 Å². The Hall–Kier alpha value is -1.65. The number of nitrogens with zero attached hydrogens (tertiary/aromatic N) is 2. The molecule has 21 heavy (non-hydrogen) atoms. The normalized spacial score (nSPS) is 11.5. The summed E-state index contributed by atoms with van der Waals surface area (Å²) in [4.78, 5) is 7.02. The lowest BCUT2D eigenvalue weighted by molar-refractivity contribution is 0.273. The molecule has 0 unspecified atom stereocenters. The monoisotopic (exact) mass is 287 g/mol. The maximum atomic E-state index is 5.38. The van der Waals surface area contributed by atoms with E-state index >= 15 is 0 Å². The van der Waals surface area contributed by atoms with Crippen LogP contribution in [0.5, 0.6) is 5.75 Å². The average Bonchev–Trinajstić information content (AvgIpc) is 2.50. The topological polar surface area (TPSA) is 37.4 Å². The Kier molecular flexibility index (Phi) is 5.53. The molecule has 0 fully saturated rings. The van der Waals surface area contributed by atoms with E-state index in [4.69, 9.17) is 9.72 Å². The minimum atomic E-state index is 0.579. The number of para-hydroxylation sites is 1. The first kappa shape index (κ1) is 15.7. The van der Waals surface area contributed by atoms with Gasteiger partial charge in [-0.2, -0.15) is 0 Å². The van der Waals surface area contributed by atoms with Gasteiger partial charge in [0.05, 0.1) is 12.8 Å². The highest BCUT2D eigenvalue weighted by Crippen LogP contribution is 2.23. The largest absolute Gasteiger partial charge is 0.494 e. The van der Waals surface area contributed by atoms with Crippen LogP contribution in [0.15, 0.2) is 30.3 Å². The Labute approximate surface area is 127 Å². The van der Waals surface area contributed by atoms with E-state index < -0.39 is 0 Å². The summed E-state index contributed by atoms with van der Waals surface area (Å²) in [5.74, 6) is 0.828. The van der Waals surface area contributed by atoms with Crippen LogP contribution in [0.1, 0.15) is 19.5 Å². The number of pyridine rings is 1. The average molecular weight is 287 g/mol. The maximum Gasteiger partial charge on any atom is 0.145 e. The molecule has 0 aliphatic rings. The van der Waals surface area contributed by atoms with Crippen molar-refractivity contribution in [3.63, 3.8) is 0 Å². The minimum Gasteiger partial charge on any atom is -0.494 e. The predicted molar refractivity (Wildman–Crippen MR) is 87.8 cm³/mol. The van der Waals surface area contributed by atoms with Crippen molar-refractivity contribution < 1.29 is 4.74 Å². The number of hydrogen-bond acceptors (Lipinski definition) is 4. The lowest BCUT2D eigenvalue weighted by Crippen LogP contribution is -2.33. The summed E-state index contributed by atoms with van der Waals surface area (Å²) in [7, 11) is 3.83. The van der Waals surface area contributed by atoms with Crippen molar-refractivity contribution in [2.24, 2.45) is 0 Å². The Morgan fingerprint density at radius 2 is 2.05 bits per heavy atom. The molecule has 4 heteroatoms. The van der Waals surface area contributed by atoms with Crippen molar-refractivity contribution in [2.45, 2.75) is 26.4 Å². The molecule has 0 bridgehead atoms. The first-order valence-electron chi connectivity index (χ1n) is 7.45. The van der Waals surface area contributed by atoms with E-state index in [2.05, 4.69) is 49.3 Å². The zero-order chi connectivity index (χ0) is 15.2. The summed E-state index contributed by atoms with van der Waals surface area (Å²) in [6, 6.07) is 10.7. The third-order valence-electron chi connectivity index (χ3n) is 3.79. The summed E-state index contributed by atoms with van der Waals surface area (Å²) in [6.45, 7) is 7.18. The Morgan fingerprint density at radius 3 is 2.76 bits per heavy atom. The van der Waals surface area contributed by atoms with Gasteiger partial charge in [0, 0.05) is 31.1 Å². The maximum absolute atomic E-state index is 5.38. The fourth-order valence-corrected chi connectivity index (χ4v) is 2.15. The standard InChI is InChI=1S/C17H25N3O/c1-13(2)20(3)11-10-18-12-15-9-8-14-6-5-7-16(21-4)17(14)19-15/h5-9,13,18H,10-12H2,1-4H3. The summed E-state index contributed by atoms with van der Waals surface area (Å²) in [5.41, 5.74) is 1.97. The van der Waals surface area contributed by atoms with Gasteiger partial charge >= 0.3 is 0 Å². The predicted octanol–water partition coefficient (Wildman–Crippen LogP) is 2.67. The lowest BCUT2D eigenvalue weighted by Gasteiger charge is -2.20. The molecule has 0 aliphatic carbocycles. The van der Waals surface area contributed by atoms with Crippen molar-refractivity contribution in [2.75, 3.05) is 27.2 Å². The van der Waals surface area contributed by atoms with Crippen LogP contribution >= 0.6 is 0 Å². The molecular formula is C17H25N3O. The molecule has 1 aromatic carbocycles. The highest BCUT2D eigenvalue weighted by molar-refractivity contribution is 5.84. The number of aromatic nitrogens is 1. The molecule has 0 aliphatic heterocycles. The van der Waals surface area contributed by atoms with Crippen LogP contribution in [0.25, 0.3) is 10.9 Å².